The number of benzene rings is 2. The molecule has 0 saturated carbocycles. The number of aromatic nitrogens is 2. The average molecular weight is 333 g/mol. The number of hydrogen-bond donors (Lipinski definition) is 0. The van der Waals surface area contributed by atoms with E-state index < -0.39 is 0 Å². The number of oxime groups is 1. The molecule has 0 bridgehead atoms. The van der Waals surface area contributed by atoms with Gasteiger partial charge in [-0.25, -0.2) is 4.98 Å². The molecular weight excluding hydrogens is 314 g/mol. The van der Waals surface area contributed by atoms with Crippen LogP contribution in [0.4, 0.5) is 0 Å². The fourth-order valence-corrected chi connectivity index (χ4v) is 3.10. The van der Waals surface area contributed by atoms with Gasteiger partial charge in [-0.15, -0.1) is 0 Å². The summed E-state index contributed by atoms with van der Waals surface area (Å²) in [5, 5.41) is 4.50. The van der Waals surface area contributed by atoms with Crippen molar-refractivity contribution < 1.29 is 9.57 Å². The SMILES string of the molecule is CC1Oc2ccccc2/C(=N/OCc2ccccc2)C1n1ccnc1. The van der Waals surface area contributed by atoms with Gasteiger partial charge in [0.05, 0.1) is 6.33 Å². The Labute approximate surface area is 146 Å². The van der Waals surface area contributed by atoms with Crippen LogP contribution in [0.5, 0.6) is 5.75 Å². The number of para-hydroxylation sites is 1. The largest absolute Gasteiger partial charge is 0.487 e. The van der Waals surface area contributed by atoms with Gasteiger partial charge in [-0.1, -0.05) is 47.6 Å². The third-order valence-corrected chi connectivity index (χ3v) is 4.28. The predicted molar refractivity (Wildman–Crippen MR) is 95.6 cm³/mol. The topological polar surface area (TPSA) is 48.6 Å². The Morgan fingerprint density at radius 1 is 1.12 bits per heavy atom. The van der Waals surface area contributed by atoms with Crippen LogP contribution >= 0.6 is 0 Å². The minimum absolute atomic E-state index is 0.0804. The molecule has 0 spiro atoms. The molecule has 5 heteroatoms. The lowest BCUT2D eigenvalue weighted by Gasteiger charge is -2.32. The number of nitrogens with zero attached hydrogens (tertiary/aromatic N) is 3. The number of imidazole rings is 1. The van der Waals surface area contributed by atoms with Crippen LogP contribution in [0.2, 0.25) is 0 Å². The lowest BCUT2D eigenvalue weighted by Crippen LogP contribution is -2.37. The van der Waals surface area contributed by atoms with Crippen molar-refractivity contribution in [1.29, 1.82) is 0 Å². The summed E-state index contributed by atoms with van der Waals surface area (Å²) in [6.45, 7) is 2.46. The van der Waals surface area contributed by atoms with Crippen molar-refractivity contribution in [3.63, 3.8) is 0 Å². The van der Waals surface area contributed by atoms with Crippen LogP contribution in [-0.2, 0) is 11.4 Å². The van der Waals surface area contributed by atoms with E-state index in [0.717, 1.165) is 22.6 Å². The Kier molecular flexibility index (Phi) is 4.21. The molecular formula is C20H19N3O2. The van der Waals surface area contributed by atoms with E-state index in [1.165, 1.54) is 0 Å². The lowest BCUT2D eigenvalue weighted by atomic mass is 9.95. The van der Waals surface area contributed by atoms with Crippen molar-refractivity contribution in [2.75, 3.05) is 0 Å². The first-order valence-corrected chi connectivity index (χ1v) is 8.30. The molecule has 2 heterocycles. The van der Waals surface area contributed by atoms with Gasteiger partial charge in [-0.05, 0) is 24.6 Å². The van der Waals surface area contributed by atoms with Gasteiger partial charge in [0.2, 0.25) is 0 Å². The normalized spacial score (nSPS) is 20.8. The van der Waals surface area contributed by atoms with Crippen molar-refractivity contribution in [2.45, 2.75) is 25.7 Å². The fraction of sp³-hybridized carbons (Fsp3) is 0.200. The fourth-order valence-electron chi connectivity index (χ4n) is 3.10. The highest BCUT2D eigenvalue weighted by atomic mass is 16.6. The van der Waals surface area contributed by atoms with E-state index in [2.05, 4.69) is 10.1 Å². The second kappa shape index (κ2) is 6.81. The molecule has 0 fully saturated rings. The molecule has 4 rings (SSSR count). The standard InChI is InChI=1S/C20H19N3O2/c1-15-20(23-12-11-21-14-23)19(17-9-5-6-10-18(17)25-15)22-24-13-16-7-3-2-4-8-16/h2-12,14-15,20H,13H2,1H3/b22-19-. The van der Waals surface area contributed by atoms with Crippen LogP contribution in [-0.4, -0.2) is 21.4 Å². The summed E-state index contributed by atoms with van der Waals surface area (Å²) in [5.74, 6) is 0.827. The Morgan fingerprint density at radius 3 is 2.72 bits per heavy atom. The average Bonchev–Trinajstić information content (AvgIpc) is 3.16. The zero-order valence-corrected chi connectivity index (χ0v) is 13.9. The summed E-state index contributed by atoms with van der Waals surface area (Å²) in [5.41, 5.74) is 2.88. The summed E-state index contributed by atoms with van der Waals surface area (Å²) in [6, 6.07) is 17.8. The van der Waals surface area contributed by atoms with Crippen molar-refractivity contribution in [1.82, 2.24) is 9.55 Å². The molecule has 2 atom stereocenters. The Hall–Kier alpha value is -3.08. The summed E-state index contributed by atoms with van der Waals surface area (Å²) < 4.78 is 8.08. The molecule has 1 aliphatic rings. The van der Waals surface area contributed by atoms with Gasteiger partial charge in [-0.2, -0.15) is 0 Å². The first-order chi connectivity index (χ1) is 12.3. The van der Waals surface area contributed by atoms with Crippen LogP contribution in [0.25, 0.3) is 0 Å². The summed E-state index contributed by atoms with van der Waals surface area (Å²) in [4.78, 5) is 9.85. The van der Waals surface area contributed by atoms with Crippen molar-refractivity contribution in [2.24, 2.45) is 5.16 Å². The molecule has 5 nitrogen and oxygen atoms in total. The molecule has 2 aromatic carbocycles. The number of fused-ring (bicyclic) bond motifs is 1. The highest BCUT2D eigenvalue weighted by molar-refractivity contribution is 6.06. The molecule has 0 saturated heterocycles. The Balaban J connectivity index is 1.68. The zero-order valence-electron chi connectivity index (χ0n) is 13.9. The maximum absolute atomic E-state index is 6.08. The van der Waals surface area contributed by atoms with Gasteiger partial charge < -0.3 is 14.1 Å². The zero-order chi connectivity index (χ0) is 17.1. The van der Waals surface area contributed by atoms with Crippen LogP contribution in [0.3, 0.4) is 0 Å². The Morgan fingerprint density at radius 2 is 1.92 bits per heavy atom. The van der Waals surface area contributed by atoms with Crippen LogP contribution < -0.4 is 4.74 Å². The molecule has 0 radical (unpaired) electrons. The molecule has 0 N–H and O–H groups in total. The number of ether oxygens (including phenoxy) is 1. The van der Waals surface area contributed by atoms with E-state index in [1.807, 2.05) is 72.3 Å². The number of hydrogen-bond acceptors (Lipinski definition) is 4. The van der Waals surface area contributed by atoms with Crippen molar-refractivity contribution >= 4 is 5.71 Å². The number of rotatable bonds is 4. The van der Waals surface area contributed by atoms with Crippen molar-refractivity contribution in [3.05, 3.63) is 84.4 Å². The Bertz CT molecular complexity index is 860. The van der Waals surface area contributed by atoms with E-state index in [0.29, 0.717) is 6.61 Å². The van der Waals surface area contributed by atoms with Gasteiger partial charge in [0, 0.05) is 18.0 Å². The van der Waals surface area contributed by atoms with Gasteiger partial charge >= 0.3 is 0 Å². The highest BCUT2D eigenvalue weighted by Crippen LogP contribution is 2.34. The third kappa shape index (κ3) is 3.13. The summed E-state index contributed by atoms with van der Waals surface area (Å²) >= 11 is 0. The minimum atomic E-state index is -0.0897. The minimum Gasteiger partial charge on any atom is -0.487 e. The smallest absolute Gasteiger partial charge is 0.142 e. The molecule has 1 aliphatic heterocycles. The monoisotopic (exact) mass is 333 g/mol. The summed E-state index contributed by atoms with van der Waals surface area (Å²) in [7, 11) is 0. The molecule has 25 heavy (non-hydrogen) atoms. The first-order valence-electron chi connectivity index (χ1n) is 8.30. The highest BCUT2D eigenvalue weighted by Gasteiger charge is 2.34. The van der Waals surface area contributed by atoms with Gasteiger partial charge in [0.25, 0.3) is 0 Å². The van der Waals surface area contributed by atoms with Crippen LogP contribution in [0, 0.1) is 0 Å². The first kappa shape index (κ1) is 15.4. The van der Waals surface area contributed by atoms with Crippen LogP contribution in [0.1, 0.15) is 24.1 Å². The maximum Gasteiger partial charge on any atom is 0.142 e. The van der Waals surface area contributed by atoms with E-state index in [1.54, 1.807) is 12.5 Å². The summed E-state index contributed by atoms with van der Waals surface area (Å²) in [6.07, 6.45) is 5.38. The molecule has 0 aliphatic carbocycles. The molecule has 1 aromatic heterocycles. The maximum atomic E-state index is 6.08. The van der Waals surface area contributed by atoms with E-state index in [-0.39, 0.29) is 12.1 Å². The van der Waals surface area contributed by atoms with Gasteiger partial charge in [-0.3, -0.25) is 0 Å². The predicted octanol–water partition coefficient (Wildman–Crippen LogP) is 3.83. The third-order valence-electron chi connectivity index (χ3n) is 4.28. The molecule has 2 unspecified atom stereocenters. The molecule has 0 amide bonds. The van der Waals surface area contributed by atoms with Gasteiger partial charge in [0.1, 0.15) is 30.2 Å². The van der Waals surface area contributed by atoms with E-state index >= 15 is 0 Å². The lowest BCUT2D eigenvalue weighted by molar-refractivity contribution is 0.122. The second-order valence-corrected chi connectivity index (χ2v) is 6.01. The van der Waals surface area contributed by atoms with Crippen LogP contribution in [0.15, 0.2) is 78.5 Å². The van der Waals surface area contributed by atoms with Gasteiger partial charge in [0.15, 0.2) is 0 Å². The molecule has 126 valence electrons. The van der Waals surface area contributed by atoms with Crippen molar-refractivity contribution in [3.8, 4) is 5.75 Å². The quantitative estimate of drug-likeness (QED) is 0.682. The second-order valence-electron chi connectivity index (χ2n) is 6.01. The molecule has 3 aromatic rings. The van der Waals surface area contributed by atoms with E-state index in [9.17, 15) is 0 Å². The van der Waals surface area contributed by atoms with E-state index in [4.69, 9.17) is 9.57 Å².